The molecule has 0 saturated carbocycles. The summed E-state index contributed by atoms with van der Waals surface area (Å²) >= 11 is 0. The van der Waals surface area contributed by atoms with E-state index in [1.165, 1.54) is 7.11 Å². The Kier molecular flexibility index (Phi) is 7.29. The molecule has 25 heavy (non-hydrogen) atoms. The number of hydrogen-bond acceptors (Lipinski definition) is 5. The SMILES string of the molecule is COCOc1cc(C(=O)O)ccc1F.O=C(O)c1ccc(F)c(O)c1. The number of phenolic OH excluding ortho intramolecular Hbond substituents is 1. The van der Waals surface area contributed by atoms with Gasteiger partial charge in [0.1, 0.15) is 0 Å². The smallest absolute Gasteiger partial charge is 0.335 e. The first-order valence-corrected chi connectivity index (χ1v) is 6.62. The fourth-order valence-electron chi connectivity index (χ4n) is 1.52. The zero-order chi connectivity index (χ0) is 19.0. The first-order valence-electron chi connectivity index (χ1n) is 6.62. The van der Waals surface area contributed by atoms with Gasteiger partial charge in [-0.15, -0.1) is 0 Å². The zero-order valence-corrected chi connectivity index (χ0v) is 12.9. The van der Waals surface area contributed by atoms with E-state index in [0.29, 0.717) is 0 Å². The van der Waals surface area contributed by atoms with Gasteiger partial charge in [-0.25, -0.2) is 18.4 Å². The van der Waals surface area contributed by atoms with Crippen LogP contribution in [0.15, 0.2) is 36.4 Å². The molecule has 0 heterocycles. The molecule has 0 aromatic heterocycles. The van der Waals surface area contributed by atoms with E-state index in [0.717, 1.165) is 36.4 Å². The number of ether oxygens (including phenoxy) is 2. The molecule has 2 aromatic rings. The highest BCUT2D eigenvalue weighted by atomic mass is 19.1. The highest BCUT2D eigenvalue weighted by Gasteiger charge is 2.09. The summed E-state index contributed by atoms with van der Waals surface area (Å²) in [7, 11) is 1.39. The van der Waals surface area contributed by atoms with Crippen molar-refractivity contribution >= 4 is 11.9 Å². The Hall–Kier alpha value is -3.20. The van der Waals surface area contributed by atoms with E-state index in [-0.39, 0.29) is 23.7 Å². The number of methoxy groups -OCH3 is 1. The van der Waals surface area contributed by atoms with Crippen LogP contribution in [0.2, 0.25) is 0 Å². The quantitative estimate of drug-likeness (QED) is 0.706. The molecule has 0 saturated heterocycles. The molecule has 7 nitrogen and oxygen atoms in total. The molecule has 3 N–H and O–H groups in total. The van der Waals surface area contributed by atoms with Gasteiger partial charge < -0.3 is 24.8 Å². The Morgan fingerprint density at radius 2 is 1.48 bits per heavy atom. The van der Waals surface area contributed by atoms with Gasteiger partial charge in [-0.3, -0.25) is 0 Å². The van der Waals surface area contributed by atoms with Crippen LogP contribution in [0.5, 0.6) is 11.5 Å². The molecule has 0 aliphatic carbocycles. The van der Waals surface area contributed by atoms with E-state index in [2.05, 4.69) is 4.74 Å². The van der Waals surface area contributed by atoms with E-state index in [4.69, 9.17) is 20.1 Å². The Bertz CT molecular complexity index is 762. The molecule has 0 bridgehead atoms. The summed E-state index contributed by atoms with van der Waals surface area (Å²) in [5, 5.41) is 25.7. The monoisotopic (exact) mass is 356 g/mol. The maximum absolute atomic E-state index is 13.0. The van der Waals surface area contributed by atoms with E-state index < -0.39 is 29.3 Å². The molecule has 134 valence electrons. The summed E-state index contributed by atoms with van der Waals surface area (Å²) in [5.74, 6) is -4.55. The number of rotatable bonds is 5. The average Bonchev–Trinajstić information content (AvgIpc) is 2.56. The summed E-state index contributed by atoms with van der Waals surface area (Å²) in [6.07, 6.45) is 0. The molecule has 2 rings (SSSR count). The van der Waals surface area contributed by atoms with Crippen molar-refractivity contribution in [3.8, 4) is 11.5 Å². The molecule has 0 aliphatic heterocycles. The third-order valence-corrected chi connectivity index (χ3v) is 2.70. The molecule has 0 radical (unpaired) electrons. The number of aromatic hydroxyl groups is 1. The number of halogens is 2. The molecule has 0 fully saturated rings. The summed E-state index contributed by atoms with van der Waals surface area (Å²) in [4.78, 5) is 20.8. The number of carboxylic acid groups (broad SMARTS) is 2. The topological polar surface area (TPSA) is 113 Å². The van der Waals surface area contributed by atoms with Gasteiger partial charge in [0, 0.05) is 7.11 Å². The third kappa shape index (κ3) is 6.07. The average molecular weight is 356 g/mol. The van der Waals surface area contributed by atoms with Crippen molar-refractivity contribution in [3.05, 3.63) is 59.2 Å². The largest absolute Gasteiger partial charge is 0.505 e. The van der Waals surface area contributed by atoms with Crippen molar-refractivity contribution in [1.82, 2.24) is 0 Å². The van der Waals surface area contributed by atoms with Crippen LogP contribution in [0, 0.1) is 11.6 Å². The number of aromatic carboxylic acids is 2. The Balaban J connectivity index is 0.000000257. The number of hydrogen-bond donors (Lipinski definition) is 3. The van der Waals surface area contributed by atoms with Gasteiger partial charge in [0.2, 0.25) is 0 Å². The molecular formula is C16H14F2O7. The van der Waals surface area contributed by atoms with E-state index in [1.54, 1.807) is 0 Å². The normalized spacial score (nSPS) is 9.72. The van der Waals surface area contributed by atoms with E-state index >= 15 is 0 Å². The van der Waals surface area contributed by atoms with Gasteiger partial charge in [0.15, 0.2) is 29.9 Å². The molecule has 9 heteroatoms. The van der Waals surface area contributed by atoms with Crippen LogP contribution in [0.3, 0.4) is 0 Å². The minimum atomic E-state index is -1.19. The lowest BCUT2D eigenvalue weighted by Gasteiger charge is -2.06. The van der Waals surface area contributed by atoms with Crippen LogP contribution >= 0.6 is 0 Å². The van der Waals surface area contributed by atoms with Crippen LogP contribution < -0.4 is 4.74 Å². The van der Waals surface area contributed by atoms with Crippen molar-refractivity contribution in [2.24, 2.45) is 0 Å². The third-order valence-electron chi connectivity index (χ3n) is 2.70. The second-order valence-corrected chi connectivity index (χ2v) is 4.47. The second kappa shape index (κ2) is 9.18. The predicted molar refractivity (Wildman–Crippen MR) is 80.9 cm³/mol. The van der Waals surface area contributed by atoms with Crippen molar-refractivity contribution in [2.75, 3.05) is 13.9 Å². The predicted octanol–water partition coefficient (Wildman–Crippen LogP) is 2.74. The summed E-state index contributed by atoms with van der Waals surface area (Å²) in [6.45, 7) is -0.125. The Morgan fingerprint density at radius 1 is 0.960 bits per heavy atom. The second-order valence-electron chi connectivity index (χ2n) is 4.47. The lowest BCUT2D eigenvalue weighted by molar-refractivity contribution is 0.0479. The summed E-state index contributed by atoms with van der Waals surface area (Å²) in [6, 6.07) is 6.15. The highest BCUT2D eigenvalue weighted by Crippen LogP contribution is 2.18. The first-order chi connectivity index (χ1) is 11.8. The fraction of sp³-hybridized carbons (Fsp3) is 0.125. The van der Waals surface area contributed by atoms with Crippen LogP contribution in [0.4, 0.5) is 8.78 Å². The lowest BCUT2D eigenvalue weighted by Crippen LogP contribution is -2.03. The molecular weight excluding hydrogens is 342 g/mol. The van der Waals surface area contributed by atoms with Crippen LogP contribution in [-0.4, -0.2) is 41.2 Å². The number of carbonyl (C=O) groups is 2. The number of carboxylic acids is 2. The van der Waals surface area contributed by atoms with Gasteiger partial charge in [0.25, 0.3) is 0 Å². The van der Waals surface area contributed by atoms with Gasteiger partial charge in [-0.1, -0.05) is 0 Å². The summed E-state index contributed by atoms with van der Waals surface area (Å²) < 4.78 is 34.7. The lowest BCUT2D eigenvalue weighted by atomic mass is 10.2. The number of benzene rings is 2. The highest BCUT2D eigenvalue weighted by molar-refractivity contribution is 5.88. The molecule has 0 unspecified atom stereocenters. The van der Waals surface area contributed by atoms with Crippen LogP contribution in [0.1, 0.15) is 20.7 Å². The van der Waals surface area contributed by atoms with Crippen molar-refractivity contribution in [2.45, 2.75) is 0 Å². The molecule has 0 atom stereocenters. The maximum atomic E-state index is 13.0. The van der Waals surface area contributed by atoms with Gasteiger partial charge in [-0.05, 0) is 36.4 Å². The summed E-state index contributed by atoms with van der Waals surface area (Å²) in [5.41, 5.74) is -0.165. The minimum Gasteiger partial charge on any atom is -0.505 e. The molecule has 0 spiro atoms. The van der Waals surface area contributed by atoms with Crippen LogP contribution in [-0.2, 0) is 4.74 Å². The molecule has 0 amide bonds. The Morgan fingerprint density at radius 3 is 1.96 bits per heavy atom. The van der Waals surface area contributed by atoms with E-state index in [9.17, 15) is 18.4 Å². The zero-order valence-electron chi connectivity index (χ0n) is 12.9. The van der Waals surface area contributed by atoms with Gasteiger partial charge in [0.05, 0.1) is 11.1 Å². The standard InChI is InChI=1S/C9H9FO4.C7H5FO3/c1-13-5-14-8-4-6(9(11)12)2-3-7(8)10;8-5-2-1-4(7(10)11)3-6(5)9/h2-4H,5H2,1H3,(H,11,12);1-3,9H,(H,10,11). The number of phenols is 1. The maximum Gasteiger partial charge on any atom is 0.335 e. The van der Waals surface area contributed by atoms with Crippen molar-refractivity contribution in [3.63, 3.8) is 0 Å². The molecule has 2 aromatic carbocycles. The van der Waals surface area contributed by atoms with Gasteiger partial charge >= 0.3 is 11.9 Å². The van der Waals surface area contributed by atoms with Crippen molar-refractivity contribution in [1.29, 1.82) is 0 Å². The first kappa shape index (κ1) is 19.8. The Labute approximate surface area is 140 Å². The minimum absolute atomic E-state index is 0.0301. The van der Waals surface area contributed by atoms with E-state index in [1.807, 2.05) is 0 Å². The van der Waals surface area contributed by atoms with Crippen molar-refractivity contribution < 1.29 is 43.2 Å². The van der Waals surface area contributed by atoms with Crippen LogP contribution in [0.25, 0.3) is 0 Å². The molecule has 0 aliphatic rings. The fourth-order valence-corrected chi connectivity index (χ4v) is 1.52. The van der Waals surface area contributed by atoms with Gasteiger partial charge in [-0.2, -0.15) is 0 Å².